The second-order valence-corrected chi connectivity index (χ2v) is 7.42. The molecule has 2 rings (SSSR count). The maximum atomic E-state index is 12.0. The summed E-state index contributed by atoms with van der Waals surface area (Å²) in [6, 6.07) is 6.83. The van der Waals surface area contributed by atoms with E-state index in [4.69, 9.17) is 0 Å². The van der Waals surface area contributed by atoms with Crippen molar-refractivity contribution < 1.29 is 8.42 Å². The van der Waals surface area contributed by atoms with Crippen LogP contribution < -0.4 is 4.72 Å². The summed E-state index contributed by atoms with van der Waals surface area (Å²) in [5.74, 6) is 1.90. The van der Waals surface area contributed by atoms with E-state index in [1.165, 1.54) is 0 Å². The molecular weight excluding hydrogens is 310 g/mol. The van der Waals surface area contributed by atoms with E-state index in [1.54, 1.807) is 30.0 Å². The number of sulfonamides is 1. The van der Waals surface area contributed by atoms with Gasteiger partial charge in [-0.1, -0.05) is 22.0 Å². The molecule has 1 aliphatic rings. The van der Waals surface area contributed by atoms with E-state index < -0.39 is 10.0 Å². The zero-order valence-corrected chi connectivity index (χ0v) is 11.7. The van der Waals surface area contributed by atoms with Crippen molar-refractivity contribution in [2.75, 3.05) is 11.5 Å². The lowest BCUT2D eigenvalue weighted by molar-refractivity contribution is 0.563. The number of halogens is 1. The third kappa shape index (κ3) is 3.00. The summed E-state index contributed by atoms with van der Waals surface area (Å²) in [6.07, 6.45) is 0.915. The van der Waals surface area contributed by atoms with Crippen LogP contribution in [0.2, 0.25) is 0 Å². The zero-order chi connectivity index (χ0) is 11.6. The van der Waals surface area contributed by atoms with Gasteiger partial charge >= 0.3 is 0 Å². The first-order valence-corrected chi connectivity index (χ1v) is 8.37. The quantitative estimate of drug-likeness (QED) is 0.928. The zero-order valence-electron chi connectivity index (χ0n) is 8.52. The lowest BCUT2D eigenvalue weighted by Gasteiger charge is -2.11. The number of nitrogens with one attached hydrogen (secondary N) is 1. The Hall–Kier alpha value is -0.0400. The fourth-order valence-corrected chi connectivity index (χ4v) is 4.67. The Kier molecular flexibility index (Phi) is 3.94. The van der Waals surface area contributed by atoms with Crippen molar-refractivity contribution >= 4 is 37.7 Å². The molecule has 0 saturated carbocycles. The molecule has 1 aromatic rings. The van der Waals surface area contributed by atoms with Gasteiger partial charge in [0.05, 0.1) is 4.90 Å². The van der Waals surface area contributed by atoms with E-state index in [2.05, 4.69) is 20.7 Å². The minimum absolute atomic E-state index is 0.0778. The highest BCUT2D eigenvalue weighted by Crippen LogP contribution is 2.21. The van der Waals surface area contributed by atoms with Gasteiger partial charge < -0.3 is 0 Å². The van der Waals surface area contributed by atoms with E-state index in [0.717, 1.165) is 22.4 Å². The van der Waals surface area contributed by atoms with E-state index in [-0.39, 0.29) is 6.04 Å². The monoisotopic (exact) mass is 321 g/mol. The normalized spacial score (nSPS) is 21.2. The maximum absolute atomic E-state index is 12.0. The first-order valence-electron chi connectivity index (χ1n) is 4.93. The van der Waals surface area contributed by atoms with Gasteiger partial charge in [-0.2, -0.15) is 11.8 Å². The summed E-state index contributed by atoms with van der Waals surface area (Å²) in [7, 11) is -3.36. The summed E-state index contributed by atoms with van der Waals surface area (Å²) in [4.78, 5) is 0.318. The molecule has 0 bridgehead atoms. The molecule has 1 heterocycles. The van der Waals surface area contributed by atoms with Crippen molar-refractivity contribution in [2.24, 2.45) is 0 Å². The highest BCUT2D eigenvalue weighted by Gasteiger charge is 2.23. The fraction of sp³-hybridized carbons (Fsp3) is 0.400. The Labute approximate surface area is 108 Å². The Balaban J connectivity index is 2.18. The Morgan fingerprint density at radius 2 is 2.25 bits per heavy atom. The molecule has 1 unspecified atom stereocenters. The molecule has 0 aromatic heterocycles. The molecule has 0 amide bonds. The van der Waals surface area contributed by atoms with Crippen molar-refractivity contribution in [3.63, 3.8) is 0 Å². The van der Waals surface area contributed by atoms with Gasteiger partial charge in [-0.25, -0.2) is 13.1 Å². The van der Waals surface area contributed by atoms with Crippen LogP contribution in [-0.4, -0.2) is 26.0 Å². The molecule has 1 N–H and O–H groups in total. The lowest BCUT2D eigenvalue weighted by Crippen LogP contribution is -2.34. The van der Waals surface area contributed by atoms with Gasteiger partial charge in [0.2, 0.25) is 10.0 Å². The van der Waals surface area contributed by atoms with E-state index in [0.29, 0.717) is 4.90 Å². The van der Waals surface area contributed by atoms with Gasteiger partial charge in [0.15, 0.2) is 0 Å². The molecule has 1 aliphatic heterocycles. The highest BCUT2D eigenvalue weighted by molar-refractivity contribution is 9.10. The summed E-state index contributed by atoms with van der Waals surface area (Å²) in [5, 5.41) is 0. The van der Waals surface area contributed by atoms with E-state index in [9.17, 15) is 8.42 Å². The highest BCUT2D eigenvalue weighted by atomic mass is 79.9. The molecule has 0 radical (unpaired) electrons. The molecule has 16 heavy (non-hydrogen) atoms. The molecule has 1 aromatic carbocycles. The minimum Gasteiger partial charge on any atom is -0.207 e. The van der Waals surface area contributed by atoms with Crippen molar-refractivity contribution in [1.29, 1.82) is 0 Å². The molecule has 6 heteroatoms. The number of thioether (sulfide) groups is 1. The molecule has 0 aliphatic carbocycles. The Bertz CT molecular complexity index is 469. The van der Waals surface area contributed by atoms with Crippen LogP contribution in [0.15, 0.2) is 33.6 Å². The predicted molar refractivity (Wildman–Crippen MR) is 70.2 cm³/mol. The summed E-state index contributed by atoms with van der Waals surface area (Å²) < 4.78 is 27.5. The number of hydrogen-bond donors (Lipinski definition) is 1. The third-order valence-corrected chi connectivity index (χ3v) is 5.53. The van der Waals surface area contributed by atoms with Crippen molar-refractivity contribution in [2.45, 2.75) is 17.4 Å². The molecular formula is C10H12BrNO2S2. The van der Waals surface area contributed by atoms with Crippen LogP contribution in [0.5, 0.6) is 0 Å². The van der Waals surface area contributed by atoms with Crippen LogP contribution in [0, 0.1) is 0 Å². The third-order valence-electron chi connectivity index (χ3n) is 2.36. The van der Waals surface area contributed by atoms with Crippen LogP contribution in [0.3, 0.4) is 0 Å². The van der Waals surface area contributed by atoms with Crippen molar-refractivity contribution in [3.8, 4) is 0 Å². The van der Waals surface area contributed by atoms with Gasteiger partial charge in [-0.3, -0.25) is 0 Å². The van der Waals surface area contributed by atoms with Crippen molar-refractivity contribution in [3.05, 3.63) is 28.7 Å². The fourth-order valence-electron chi connectivity index (χ4n) is 1.55. The first kappa shape index (κ1) is 12.4. The van der Waals surface area contributed by atoms with E-state index in [1.807, 2.05) is 6.07 Å². The molecule has 0 spiro atoms. The van der Waals surface area contributed by atoms with Gasteiger partial charge in [-0.05, 0) is 30.4 Å². The Morgan fingerprint density at radius 3 is 2.88 bits per heavy atom. The average Bonchev–Trinajstić information content (AvgIpc) is 2.70. The van der Waals surface area contributed by atoms with Crippen LogP contribution >= 0.6 is 27.7 Å². The van der Waals surface area contributed by atoms with Gasteiger partial charge in [-0.15, -0.1) is 0 Å². The largest absolute Gasteiger partial charge is 0.240 e. The second kappa shape index (κ2) is 5.08. The van der Waals surface area contributed by atoms with Gasteiger partial charge in [0, 0.05) is 16.3 Å². The summed E-state index contributed by atoms with van der Waals surface area (Å²) >= 11 is 5.06. The average molecular weight is 322 g/mol. The molecule has 88 valence electrons. The summed E-state index contributed by atoms with van der Waals surface area (Å²) in [5.41, 5.74) is 0. The molecule has 1 atom stereocenters. The van der Waals surface area contributed by atoms with Crippen LogP contribution in [0.1, 0.15) is 6.42 Å². The van der Waals surface area contributed by atoms with Gasteiger partial charge in [0.25, 0.3) is 0 Å². The number of hydrogen-bond acceptors (Lipinski definition) is 3. The lowest BCUT2D eigenvalue weighted by atomic mass is 10.3. The number of rotatable bonds is 3. The SMILES string of the molecule is O=S(=O)(NC1CCSC1)c1cccc(Br)c1. The van der Waals surface area contributed by atoms with Crippen LogP contribution in [0.25, 0.3) is 0 Å². The molecule has 1 fully saturated rings. The van der Waals surface area contributed by atoms with E-state index >= 15 is 0 Å². The topological polar surface area (TPSA) is 46.2 Å². The molecule has 1 saturated heterocycles. The first-order chi connectivity index (χ1) is 7.58. The second-order valence-electron chi connectivity index (χ2n) is 3.64. The Morgan fingerprint density at radius 1 is 1.44 bits per heavy atom. The van der Waals surface area contributed by atoms with Crippen molar-refractivity contribution in [1.82, 2.24) is 4.72 Å². The minimum atomic E-state index is -3.36. The van der Waals surface area contributed by atoms with Gasteiger partial charge in [0.1, 0.15) is 0 Å². The standard InChI is InChI=1S/C10H12BrNO2S2/c11-8-2-1-3-10(6-8)16(13,14)12-9-4-5-15-7-9/h1-3,6,9,12H,4-5,7H2. The molecule has 3 nitrogen and oxygen atoms in total. The van der Waals surface area contributed by atoms with Crippen LogP contribution in [-0.2, 0) is 10.0 Å². The predicted octanol–water partition coefficient (Wildman–Crippen LogP) is 2.23. The summed E-state index contributed by atoms with van der Waals surface area (Å²) in [6.45, 7) is 0. The maximum Gasteiger partial charge on any atom is 0.240 e. The smallest absolute Gasteiger partial charge is 0.207 e. The van der Waals surface area contributed by atoms with Crippen LogP contribution in [0.4, 0.5) is 0 Å². The number of benzene rings is 1.